The Balaban J connectivity index is 1.99. The molecule has 2 rings (SSSR count). The number of carbonyl (C=O) groups excluding carboxylic acids is 2. The van der Waals surface area contributed by atoms with Gasteiger partial charge >= 0.3 is 12.1 Å². The Morgan fingerprint density at radius 1 is 1.17 bits per heavy atom. The number of ether oxygens (including phenoxy) is 2. The first-order valence-electron chi connectivity index (χ1n) is 7.72. The van der Waals surface area contributed by atoms with E-state index in [0.29, 0.717) is 13.0 Å². The first-order chi connectivity index (χ1) is 10.9. The van der Waals surface area contributed by atoms with Crippen LogP contribution in [-0.2, 0) is 20.9 Å². The zero-order valence-electron chi connectivity index (χ0n) is 13.8. The standard InChI is InChI=1S/C18H23NO4/c1-18(2,3)23-17(21)19-12-8-7-11-15(19)16(20)22-13-14-9-5-4-6-10-14/h4-10,15H,11-13H2,1-3H3/t15-/m0/s1. The van der Waals surface area contributed by atoms with E-state index in [-0.39, 0.29) is 6.61 Å². The molecule has 0 aliphatic carbocycles. The zero-order valence-corrected chi connectivity index (χ0v) is 13.8. The van der Waals surface area contributed by atoms with Gasteiger partial charge in [0.1, 0.15) is 18.2 Å². The van der Waals surface area contributed by atoms with E-state index >= 15 is 0 Å². The second kappa shape index (κ2) is 7.31. The summed E-state index contributed by atoms with van der Waals surface area (Å²) in [6.45, 7) is 5.94. The fourth-order valence-electron chi connectivity index (χ4n) is 2.24. The molecular weight excluding hydrogens is 294 g/mol. The first kappa shape index (κ1) is 17.1. The molecule has 1 heterocycles. The minimum Gasteiger partial charge on any atom is -0.459 e. The molecule has 5 nitrogen and oxygen atoms in total. The molecule has 0 radical (unpaired) electrons. The van der Waals surface area contributed by atoms with Crippen molar-refractivity contribution >= 4 is 12.1 Å². The zero-order chi connectivity index (χ0) is 16.9. The summed E-state index contributed by atoms with van der Waals surface area (Å²) in [6, 6.07) is 8.82. The first-order valence-corrected chi connectivity index (χ1v) is 7.72. The molecule has 1 atom stereocenters. The van der Waals surface area contributed by atoms with Crippen molar-refractivity contribution in [3.63, 3.8) is 0 Å². The Morgan fingerprint density at radius 3 is 2.52 bits per heavy atom. The fourth-order valence-corrected chi connectivity index (χ4v) is 2.24. The van der Waals surface area contributed by atoms with Crippen LogP contribution in [0, 0.1) is 0 Å². The van der Waals surface area contributed by atoms with Crippen LogP contribution in [0.2, 0.25) is 0 Å². The Hall–Kier alpha value is -2.30. The Kier molecular flexibility index (Phi) is 5.42. The molecule has 1 amide bonds. The summed E-state index contributed by atoms with van der Waals surface area (Å²) in [5.41, 5.74) is 0.313. The number of rotatable bonds is 3. The van der Waals surface area contributed by atoms with Gasteiger partial charge in [0.25, 0.3) is 0 Å². The van der Waals surface area contributed by atoms with Crippen LogP contribution < -0.4 is 0 Å². The van der Waals surface area contributed by atoms with E-state index in [2.05, 4.69) is 0 Å². The summed E-state index contributed by atoms with van der Waals surface area (Å²) in [7, 11) is 0. The smallest absolute Gasteiger partial charge is 0.411 e. The van der Waals surface area contributed by atoms with Gasteiger partial charge in [-0.25, -0.2) is 9.59 Å². The third-order valence-corrected chi connectivity index (χ3v) is 3.33. The summed E-state index contributed by atoms with van der Waals surface area (Å²) in [5, 5.41) is 0. The quantitative estimate of drug-likeness (QED) is 0.634. The highest BCUT2D eigenvalue weighted by Gasteiger charge is 2.34. The molecule has 0 fully saturated rings. The molecular formula is C18H23NO4. The normalized spacial score (nSPS) is 17.7. The molecule has 1 aliphatic rings. The van der Waals surface area contributed by atoms with Gasteiger partial charge in [0.15, 0.2) is 0 Å². The number of amides is 1. The largest absolute Gasteiger partial charge is 0.459 e. The maximum Gasteiger partial charge on any atom is 0.411 e. The van der Waals surface area contributed by atoms with Crippen LogP contribution in [0.25, 0.3) is 0 Å². The van der Waals surface area contributed by atoms with Crippen LogP contribution in [0.5, 0.6) is 0 Å². The lowest BCUT2D eigenvalue weighted by Crippen LogP contribution is -2.49. The van der Waals surface area contributed by atoms with E-state index in [4.69, 9.17) is 9.47 Å². The second-order valence-corrected chi connectivity index (χ2v) is 6.45. The summed E-state index contributed by atoms with van der Waals surface area (Å²) >= 11 is 0. The molecule has 0 spiro atoms. The lowest BCUT2D eigenvalue weighted by atomic mass is 10.1. The van der Waals surface area contributed by atoms with Gasteiger partial charge in [-0.1, -0.05) is 42.5 Å². The molecule has 124 valence electrons. The van der Waals surface area contributed by atoms with Gasteiger partial charge in [-0.3, -0.25) is 4.90 Å². The average Bonchev–Trinajstić information content (AvgIpc) is 2.52. The summed E-state index contributed by atoms with van der Waals surface area (Å²) in [5.74, 6) is -0.413. The summed E-state index contributed by atoms with van der Waals surface area (Å²) < 4.78 is 10.7. The van der Waals surface area contributed by atoms with Crippen LogP contribution in [0.3, 0.4) is 0 Å². The number of hydrogen-bond donors (Lipinski definition) is 0. The molecule has 0 bridgehead atoms. The van der Waals surface area contributed by atoms with Crippen molar-refractivity contribution in [2.75, 3.05) is 6.54 Å². The summed E-state index contributed by atoms with van der Waals surface area (Å²) in [4.78, 5) is 26.0. The van der Waals surface area contributed by atoms with E-state index in [1.165, 1.54) is 4.90 Å². The van der Waals surface area contributed by atoms with Crippen molar-refractivity contribution < 1.29 is 19.1 Å². The third-order valence-electron chi connectivity index (χ3n) is 3.33. The number of hydrogen-bond acceptors (Lipinski definition) is 4. The van der Waals surface area contributed by atoms with Crippen molar-refractivity contribution in [1.29, 1.82) is 0 Å². The number of carbonyl (C=O) groups is 2. The van der Waals surface area contributed by atoms with E-state index in [0.717, 1.165) is 5.56 Å². The molecule has 0 saturated carbocycles. The fraction of sp³-hybridized carbons (Fsp3) is 0.444. The molecule has 0 aromatic heterocycles. The highest BCUT2D eigenvalue weighted by atomic mass is 16.6. The lowest BCUT2D eigenvalue weighted by Gasteiger charge is -2.33. The van der Waals surface area contributed by atoms with Crippen LogP contribution >= 0.6 is 0 Å². The van der Waals surface area contributed by atoms with Gasteiger partial charge in [-0.2, -0.15) is 0 Å². The predicted octanol–water partition coefficient (Wildman–Crippen LogP) is 3.30. The van der Waals surface area contributed by atoms with Crippen LogP contribution in [-0.4, -0.2) is 35.2 Å². The van der Waals surface area contributed by atoms with Gasteiger partial charge in [-0.05, 0) is 32.8 Å². The van der Waals surface area contributed by atoms with Gasteiger partial charge in [0.2, 0.25) is 0 Å². The predicted molar refractivity (Wildman–Crippen MR) is 86.7 cm³/mol. The van der Waals surface area contributed by atoms with Gasteiger partial charge in [-0.15, -0.1) is 0 Å². The van der Waals surface area contributed by atoms with Crippen molar-refractivity contribution in [2.45, 2.75) is 45.4 Å². The lowest BCUT2D eigenvalue weighted by molar-refractivity contribution is -0.151. The van der Waals surface area contributed by atoms with Crippen molar-refractivity contribution in [3.05, 3.63) is 48.0 Å². The minimum absolute atomic E-state index is 0.196. The second-order valence-electron chi connectivity index (χ2n) is 6.45. The minimum atomic E-state index is -0.640. The topological polar surface area (TPSA) is 55.8 Å². The molecule has 1 aliphatic heterocycles. The number of esters is 1. The van der Waals surface area contributed by atoms with Gasteiger partial charge in [0, 0.05) is 6.54 Å². The van der Waals surface area contributed by atoms with E-state index < -0.39 is 23.7 Å². The average molecular weight is 317 g/mol. The summed E-state index contributed by atoms with van der Waals surface area (Å²) in [6.07, 6.45) is 3.68. The van der Waals surface area contributed by atoms with E-state index in [1.54, 1.807) is 20.8 Å². The molecule has 1 aromatic rings. The SMILES string of the molecule is CC(C)(C)OC(=O)N1CC=CC[C@H]1C(=O)OCc1ccccc1. The van der Waals surface area contributed by atoms with E-state index in [9.17, 15) is 9.59 Å². The van der Waals surface area contributed by atoms with Crippen molar-refractivity contribution in [2.24, 2.45) is 0 Å². The van der Waals surface area contributed by atoms with Gasteiger partial charge < -0.3 is 9.47 Å². The molecule has 0 saturated heterocycles. The van der Waals surface area contributed by atoms with Crippen LogP contribution in [0.1, 0.15) is 32.8 Å². The Bertz CT molecular complexity index is 574. The third kappa shape index (κ3) is 5.13. The number of nitrogens with zero attached hydrogens (tertiary/aromatic N) is 1. The van der Waals surface area contributed by atoms with Crippen molar-refractivity contribution in [3.8, 4) is 0 Å². The molecule has 5 heteroatoms. The van der Waals surface area contributed by atoms with Crippen LogP contribution in [0.4, 0.5) is 4.79 Å². The maximum atomic E-state index is 12.3. The van der Waals surface area contributed by atoms with Gasteiger partial charge in [0.05, 0.1) is 0 Å². The molecule has 0 unspecified atom stereocenters. The molecule has 0 N–H and O–H groups in total. The highest BCUT2D eigenvalue weighted by molar-refractivity contribution is 5.82. The van der Waals surface area contributed by atoms with E-state index in [1.807, 2.05) is 42.5 Å². The molecule has 1 aromatic carbocycles. The van der Waals surface area contributed by atoms with Crippen molar-refractivity contribution in [1.82, 2.24) is 4.90 Å². The Labute approximate surface area is 136 Å². The highest BCUT2D eigenvalue weighted by Crippen LogP contribution is 2.18. The molecule has 23 heavy (non-hydrogen) atoms. The number of benzene rings is 1. The monoisotopic (exact) mass is 317 g/mol. The van der Waals surface area contributed by atoms with Crippen LogP contribution in [0.15, 0.2) is 42.5 Å². The Morgan fingerprint density at radius 2 is 1.87 bits per heavy atom. The maximum absolute atomic E-state index is 12.3.